The minimum Gasteiger partial charge on any atom is -0.294 e. The summed E-state index contributed by atoms with van der Waals surface area (Å²) < 4.78 is 26.3. The summed E-state index contributed by atoms with van der Waals surface area (Å²) in [5, 5.41) is 14.5. The number of anilines is 2. The van der Waals surface area contributed by atoms with Crippen molar-refractivity contribution in [3.05, 3.63) is 66.5 Å². The number of hydrogen-bond donors (Lipinski definition) is 2. The van der Waals surface area contributed by atoms with Gasteiger partial charge in [0.05, 0.1) is 11.9 Å². The van der Waals surface area contributed by atoms with Crippen molar-refractivity contribution in [2.45, 2.75) is 0 Å². The van der Waals surface area contributed by atoms with Gasteiger partial charge in [0.25, 0.3) is 5.91 Å². The molecule has 0 fully saturated rings. The first-order valence-electron chi connectivity index (χ1n) is 8.59. The van der Waals surface area contributed by atoms with Crippen molar-refractivity contribution in [2.24, 2.45) is 0 Å². The van der Waals surface area contributed by atoms with Gasteiger partial charge in [-0.2, -0.15) is 0 Å². The molecule has 0 saturated heterocycles. The first-order valence-corrected chi connectivity index (χ1v) is 11.3. The third-order valence-corrected chi connectivity index (χ3v) is 5.21. The third kappa shape index (κ3) is 4.50. The van der Waals surface area contributed by atoms with E-state index in [1.165, 1.54) is 0 Å². The summed E-state index contributed by atoms with van der Waals surface area (Å²) in [6, 6.07) is 18.7. The van der Waals surface area contributed by atoms with Gasteiger partial charge in [-0.3, -0.25) is 14.8 Å². The second-order valence-corrected chi connectivity index (χ2v) is 8.84. The largest absolute Gasteiger partial charge is 0.297 e. The summed E-state index contributed by atoms with van der Waals surface area (Å²) in [5.41, 5.74) is 1.54. The number of nitrogens with one attached hydrogen (secondary N) is 2. The number of rotatable bonds is 6. The highest BCUT2D eigenvalue weighted by Gasteiger charge is 2.20. The lowest BCUT2D eigenvalue weighted by Gasteiger charge is -2.05. The van der Waals surface area contributed by atoms with Gasteiger partial charge in [0, 0.05) is 5.56 Å². The molecule has 0 aliphatic carbocycles. The Bertz CT molecular complexity index is 1230. The summed E-state index contributed by atoms with van der Waals surface area (Å²) in [6.45, 7) is 0. The molecule has 2 heterocycles. The Morgan fingerprint density at radius 3 is 2.27 bits per heavy atom. The Balaban J connectivity index is 1.64. The van der Waals surface area contributed by atoms with Crippen molar-refractivity contribution in [1.29, 1.82) is 0 Å². The van der Waals surface area contributed by atoms with Crippen LogP contribution in [-0.4, -0.2) is 45.5 Å². The number of sulfonamides is 1. The summed E-state index contributed by atoms with van der Waals surface area (Å²) in [5.74, 6) is -0.155. The number of nitrogens with zero attached hydrogens (tertiary/aromatic N) is 5. The Hall–Kier alpha value is -3.64. The van der Waals surface area contributed by atoms with Crippen LogP contribution >= 0.6 is 11.3 Å². The predicted octanol–water partition coefficient (Wildman–Crippen LogP) is 2.41. The number of para-hydroxylation sites is 1. The van der Waals surface area contributed by atoms with Gasteiger partial charge in [-0.15, -0.1) is 15.3 Å². The first-order chi connectivity index (χ1) is 14.4. The van der Waals surface area contributed by atoms with Crippen LogP contribution in [0.15, 0.2) is 60.7 Å². The standard InChI is InChI=1S/C18H15N7O3S2/c1-30(27,28)24-18-22-21-17(29-18)20-16(26)14-19-15(12-8-4-2-5-9-12)25(23-14)13-10-6-3-7-11-13/h2-11H,1H3,(H,22,24)(H,20,21,26). The van der Waals surface area contributed by atoms with Crippen LogP contribution in [0.1, 0.15) is 10.6 Å². The normalized spacial score (nSPS) is 11.2. The van der Waals surface area contributed by atoms with Gasteiger partial charge in [-0.1, -0.05) is 59.9 Å². The topological polar surface area (TPSA) is 132 Å². The molecule has 12 heteroatoms. The van der Waals surface area contributed by atoms with Gasteiger partial charge in [0.1, 0.15) is 0 Å². The van der Waals surface area contributed by atoms with Crippen molar-refractivity contribution < 1.29 is 13.2 Å². The number of hydrogen-bond acceptors (Lipinski definition) is 8. The molecule has 10 nitrogen and oxygen atoms in total. The smallest absolute Gasteiger partial charge is 0.294 e. The third-order valence-electron chi connectivity index (χ3n) is 3.76. The molecule has 2 aromatic heterocycles. The van der Waals surface area contributed by atoms with E-state index in [4.69, 9.17) is 0 Å². The maximum atomic E-state index is 12.7. The Kier molecular flexibility index (Phi) is 5.25. The van der Waals surface area contributed by atoms with E-state index in [-0.39, 0.29) is 16.1 Å². The van der Waals surface area contributed by atoms with Gasteiger partial charge >= 0.3 is 0 Å². The number of aromatic nitrogens is 5. The van der Waals surface area contributed by atoms with Gasteiger partial charge < -0.3 is 0 Å². The highest BCUT2D eigenvalue weighted by molar-refractivity contribution is 7.92. The summed E-state index contributed by atoms with van der Waals surface area (Å²) in [6.07, 6.45) is 0.998. The fourth-order valence-electron chi connectivity index (χ4n) is 2.56. The van der Waals surface area contributed by atoms with Crippen molar-refractivity contribution >= 4 is 37.5 Å². The van der Waals surface area contributed by atoms with Crippen LogP contribution in [0.3, 0.4) is 0 Å². The lowest BCUT2D eigenvalue weighted by Crippen LogP contribution is -2.14. The maximum Gasteiger partial charge on any atom is 0.297 e. The van der Waals surface area contributed by atoms with Gasteiger partial charge in [0.15, 0.2) is 5.82 Å². The van der Waals surface area contributed by atoms with Crippen LogP contribution in [0.4, 0.5) is 10.3 Å². The molecule has 2 aromatic carbocycles. The fourth-order valence-corrected chi connectivity index (χ4v) is 4.03. The average molecular weight is 441 g/mol. The first kappa shape index (κ1) is 19.7. The molecule has 0 radical (unpaired) electrons. The molecule has 0 spiro atoms. The molecule has 4 rings (SSSR count). The molecule has 0 aliphatic rings. The molecule has 1 amide bonds. The quantitative estimate of drug-likeness (QED) is 0.470. The molecule has 0 unspecified atom stereocenters. The molecule has 0 atom stereocenters. The SMILES string of the molecule is CS(=O)(=O)Nc1nnc(NC(=O)c2nc(-c3ccccc3)n(-c3ccccc3)n2)s1. The van der Waals surface area contributed by atoms with Crippen molar-refractivity contribution in [2.75, 3.05) is 16.3 Å². The number of amides is 1. The average Bonchev–Trinajstić information content (AvgIpc) is 3.35. The molecule has 152 valence electrons. The highest BCUT2D eigenvalue weighted by Crippen LogP contribution is 2.23. The zero-order chi connectivity index (χ0) is 21.1. The van der Waals surface area contributed by atoms with E-state index in [0.29, 0.717) is 5.82 Å². The molecule has 0 saturated carbocycles. The van der Waals surface area contributed by atoms with Crippen molar-refractivity contribution in [3.63, 3.8) is 0 Å². The minimum atomic E-state index is -3.49. The van der Waals surface area contributed by atoms with Crippen LogP contribution in [0.2, 0.25) is 0 Å². The van der Waals surface area contributed by atoms with E-state index in [0.717, 1.165) is 28.8 Å². The second-order valence-electron chi connectivity index (χ2n) is 6.11. The molecule has 0 bridgehead atoms. The Labute approximate surface area is 175 Å². The minimum absolute atomic E-state index is 0.0422. The van der Waals surface area contributed by atoms with Crippen LogP contribution in [0.5, 0.6) is 0 Å². The molecule has 2 N–H and O–H groups in total. The van der Waals surface area contributed by atoms with Gasteiger partial charge in [0.2, 0.25) is 26.1 Å². The Morgan fingerprint density at radius 2 is 1.60 bits per heavy atom. The summed E-state index contributed by atoms with van der Waals surface area (Å²) in [4.78, 5) is 17.1. The Morgan fingerprint density at radius 1 is 0.967 bits per heavy atom. The van der Waals surface area contributed by atoms with Gasteiger partial charge in [-0.25, -0.2) is 18.1 Å². The second kappa shape index (κ2) is 8.00. The lowest BCUT2D eigenvalue weighted by atomic mass is 10.2. The van der Waals surface area contributed by atoms with E-state index in [2.05, 4.69) is 30.3 Å². The van der Waals surface area contributed by atoms with Crippen LogP contribution in [0, 0.1) is 0 Å². The summed E-state index contributed by atoms with van der Waals surface area (Å²) >= 11 is 0.880. The van der Waals surface area contributed by atoms with E-state index in [1.54, 1.807) is 4.68 Å². The summed E-state index contributed by atoms with van der Waals surface area (Å²) in [7, 11) is -3.49. The molecular formula is C18H15N7O3S2. The van der Waals surface area contributed by atoms with Crippen LogP contribution in [0.25, 0.3) is 17.1 Å². The number of carbonyl (C=O) groups is 1. The van der Waals surface area contributed by atoms with Crippen LogP contribution in [-0.2, 0) is 10.0 Å². The van der Waals surface area contributed by atoms with E-state index < -0.39 is 15.9 Å². The van der Waals surface area contributed by atoms with Crippen LogP contribution < -0.4 is 10.0 Å². The number of carbonyl (C=O) groups excluding carboxylic acids is 1. The molecule has 4 aromatic rings. The van der Waals surface area contributed by atoms with E-state index in [9.17, 15) is 13.2 Å². The van der Waals surface area contributed by atoms with E-state index >= 15 is 0 Å². The molecule has 30 heavy (non-hydrogen) atoms. The van der Waals surface area contributed by atoms with Gasteiger partial charge in [-0.05, 0) is 12.1 Å². The molecule has 0 aliphatic heterocycles. The fraction of sp³-hybridized carbons (Fsp3) is 0.0556. The monoisotopic (exact) mass is 441 g/mol. The lowest BCUT2D eigenvalue weighted by molar-refractivity contribution is 0.101. The maximum absolute atomic E-state index is 12.7. The predicted molar refractivity (Wildman–Crippen MR) is 113 cm³/mol. The zero-order valence-corrected chi connectivity index (χ0v) is 17.2. The van der Waals surface area contributed by atoms with Crippen molar-refractivity contribution in [1.82, 2.24) is 25.0 Å². The molecular weight excluding hydrogens is 426 g/mol. The zero-order valence-electron chi connectivity index (χ0n) is 15.6. The van der Waals surface area contributed by atoms with Crippen molar-refractivity contribution in [3.8, 4) is 17.1 Å². The number of benzene rings is 2. The van der Waals surface area contributed by atoms with E-state index in [1.807, 2.05) is 60.7 Å². The highest BCUT2D eigenvalue weighted by atomic mass is 32.2.